The van der Waals surface area contributed by atoms with Crippen molar-refractivity contribution < 1.29 is 9.53 Å². The van der Waals surface area contributed by atoms with Gasteiger partial charge in [-0.3, -0.25) is 10.6 Å². The standard InChI is InChI=1S/C12H13N5O2/c1-19-11-5-3-8(6-15-11)16-12(18)10-4-2-9(17-13)7-14-10/h2-7,17H,13H2,1H3,(H,16,18). The van der Waals surface area contributed by atoms with E-state index in [1.807, 2.05) is 0 Å². The van der Waals surface area contributed by atoms with Gasteiger partial charge in [-0.25, -0.2) is 9.97 Å². The van der Waals surface area contributed by atoms with Crippen LogP contribution in [0.5, 0.6) is 5.88 Å². The van der Waals surface area contributed by atoms with Gasteiger partial charge in [-0.15, -0.1) is 0 Å². The first kappa shape index (κ1) is 12.8. The average molecular weight is 259 g/mol. The van der Waals surface area contributed by atoms with Gasteiger partial charge in [-0.05, 0) is 18.2 Å². The number of hydrogen-bond donors (Lipinski definition) is 3. The first-order chi connectivity index (χ1) is 9.22. The van der Waals surface area contributed by atoms with E-state index in [1.54, 1.807) is 24.3 Å². The minimum atomic E-state index is -0.324. The Bertz CT molecular complexity index is 553. The number of nitrogens with zero attached hydrogens (tertiary/aromatic N) is 2. The number of amides is 1. The number of carbonyl (C=O) groups is 1. The van der Waals surface area contributed by atoms with E-state index in [0.717, 1.165) is 0 Å². The van der Waals surface area contributed by atoms with Crippen molar-refractivity contribution in [3.63, 3.8) is 0 Å². The molecule has 19 heavy (non-hydrogen) atoms. The second kappa shape index (κ2) is 5.78. The zero-order valence-electron chi connectivity index (χ0n) is 10.3. The van der Waals surface area contributed by atoms with Crippen LogP contribution in [0, 0.1) is 0 Å². The Morgan fingerprint density at radius 1 is 1.16 bits per heavy atom. The van der Waals surface area contributed by atoms with Crippen molar-refractivity contribution in [1.82, 2.24) is 9.97 Å². The normalized spacial score (nSPS) is 9.79. The van der Waals surface area contributed by atoms with E-state index in [-0.39, 0.29) is 11.6 Å². The highest BCUT2D eigenvalue weighted by Crippen LogP contribution is 2.12. The summed E-state index contributed by atoms with van der Waals surface area (Å²) in [4.78, 5) is 19.9. The highest BCUT2D eigenvalue weighted by Gasteiger charge is 2.07. The fourth-order valence-electron chi connectivity index (χ4n) is 1.38. The van der Waals surface area contributed by atoms with Gasteiger partial charge in [-0.1, -0.05) is 0 Å². The van der Waals surface area contributed by atoms with Crippen LogP contribution in [0.2, 0.25) is 0 Å². The molecule has 0 saturated carbocycles. The first-order valence-electron chi connectivity index (χ1n) is 5.47. The lowest BCUT2D eigenvalue weighted by atomic mass is 10.3. The summed E-state index contributed by atoms with van der Waals surface area (Å²) >= 11 is 0. The molecule has 0 spiro atoms. The van der Waals surface area contributed by atoms with Crippen molar-refractivity contribution in [2.24, 2.45) is 5.84 Å². The molecule has 98 valence electrons. The summed E-state index contributed by atoms with van der Waals surface area (Å²) in [5, 5.41) is 2.68. The highest BCUT2D eigenvalue weighted by atomic mass is 16.5. The number of anilines is 2. The Morgan fingerprint density at radius 2 is 1.89 bits per heavy atom. The highest BCUT2D eigenvalue weighted by molar-refractivity contribution is 6.02. The van der Waals surface area contributed by atoms with Crippen LogP contribution >= 0.6 is 0 Å². The van der Waals surface area contributed by atoms with Gasteiger partial charge >= 0.3 is 0 Å². The Morgan fingerprint density at radius 3 is 2.42 bits per heavy atom. The molecule has 0 fully saturated rings. The molecule has 2 aromatic rings. The number of nitrogens with two attached hydrogens (primary N) is 1. The van der Waals surface area contributed by atoms with E-state index >= 15 is 0 Å². The number of methoxy groups -OCH3 is 1. The number of nitrogen functional groups attached to an aromatic ring is 1. The second-order valence-corrected chi connectivity index (χ2v) is 3.62. The Kier molecular flexibility index (Phi) is 3.89. The van der Waals surface area contributed by atoms with Crippen LogP contribution in [-0.4, -0.2) is 23.0 Å². The number of hydrogen-bond acceptors (Lipinski definition) is 6. The lowest BCUT2D eigenvalue weighted by molar-refractivity contribution is 0.102. The summed E-state index contributed by atoms with van der Waals surface area (Å²) in [5.41, 5.74) is 3.92. The molecule has 0 saturated heterocycles. The molecule has 0 aliphatic carbocycles. The minimum absolute atomic E-state index is 0.287. The van der Waals surface area contributed by atoms with Crippen LogP contribution in [0.4, 0.5) is 11.4 Å². The SMILES string of the molecule is COc1ccc(NC(=O)c2ccc(NN)cn2)cn1. The van der Waals surface area contributed by atoms with Crippen molar-refractivity contribution >= 4 is 17.3 Å². The maximum absolute atomic E-state index is 11.9. The zero-order valence-corrected chi connectivity index (χ0v) is 10.3. The molecule has 0 radical (unpaired) electrons. The van der Waals surface area contributed by atoms with Crippen LogP contribution < -0.4 is 21.3 Å². The van der Waals surface area contributed by atoms with Crippen LogP contribution in [0.25, 0.3) is 0 Å². The Labute approximate surface area is 109 Å². The van der Waals surface area contributed by atoms with Gasteiger partial charge in [0.1, 0.15) is 5.69 Å². The first-order valence-corrected chi connectivity index (χ1v) is 5.47. The molecule has 0 aromatic carbocycles. The second-order valence-electron chi connectivity index (χ2n) is 3.62. The lowest BCUT2D eigenvalue weighted by Gasteiger charge is -2.05. The largest absolute Gasteiger partial charge is 0.481 e. The molecule has 2 heterocycles. The maximum atomic E-state index is 11.9. The van der Waals surface area contributed by atoms with Crippen molar-refractivity contribution in [3.05, 3.63) is 42.4 Å². The third kappa shape index (κ3) is 3.17. The third-order valence-corrected chi connectivity index (χ3v) is 2.37. The Hall–Kier alpha value is -2.67. The summed E-state index contributed by atoms with van der Waals surface area (Å²) < 4.78 is 4.93. The van der Waals surface area contributed by atoms with Gasteiger partial charge in [0.05, 0.1) is 30.9 Å². The number of hydrazine groups is 1. The number of ether oxygens (including phenoxy) is 1. The third-order valence-electron chi connectivity index (χ3n) is 2.37. The van der Waals surface area contributed by atoms with Crippen LogP contribution in [-0.2, 0) is 0 Å². The predicted octanol–water partition coefficient (Wildman–Crippen LogP) is 1.02. The van der Waals surface area contributed by atoms with Gasteiger partial charge in [0.25, 0.3) is 5.91 Å². The number of aromatic nitrogens is 2. The summed E-state index contributed by atoms with van der Waals surface area (Å²) in [7, 11) is 1.53. The molecule has 0 atom stereocenters. The van der Waals surface area contributed by atoms with E-state index in [2.05, 4.69) is 20.7 Å². The van der Waals surface area contributed by atoms with Crippen molar-refractivity contribution in [2.45, 2.75) is 0 Å². The van der Waals surface area contributed by atoms with E-state index in [1.165, 1.54) is 19.5 Å². The van der Waals surface area contributed by atoms with E-state index < -0.39 is 0 Å². The monoisotopic (exact) mass is 259 g/mol. The molecule has 2 aromatic heterocycles. The molecule has 0 aliphatic heterocycles. The summed E-state index contributed by atoms with van der Waals surface area (Å²) in [6, 6.07) is 6.58. The van der Waals surface area contributed by atoms with Gasteiger partial charge in [-0.2, -0.15) is 0 Å². The van der Waals surface area contributed by atoms with E-state index in [0.29, 0.717) is 17.3 Å². The minimum Gasteiger partial charge on any atom is -0.481 e. The van der Waals surface area contributed by atoms with E-state index in [9.17, 15) is 4.79 Å². The van der Waals surface area contributed by atoms with Crippen molar-refractivity contribution in [3.8, 4) is 5.88 Å². The molecule has 2 rings (SSSR count). The van der Waals surface area contributed by atoms with Gasteiger partial charge in [0, 0.05) is 6.07 Å². The summed E-state index contributed by atoms with van der Waals surface area (Å²) in [6.45, 7) is 0. The molecule has 7 nitrogen and oxygen atoms in total. The fourth-order valence-corrected chi connectivity index (χ4v) is 1.38. The van der Waals surface area contributed by atoms with E-state index in [4.69, 9.17) is 10.6 Å². The summed E-state index contributed by atoms with van der Waals surface area (Å²) in [6.07, 6.45) is 2.98. The maximum Gasteiger partial charge on any atom is 0.274 e. The summed E-state index contributed by atoms with van der Waals surface area (Å²) in [5.74, 6) is 5.37. The number of nitrogens with one attached hydrogen (secondary N) is 2. The van der Waals surface area contributed by atoms with Gasteiger partial charge in [0.15, 0.2) is 0 Å². The molecule has 0 unspecified atom stereocenters. The van der Waals surface area contributed by atoms with Crippen LogP contribution in [0.3, 0.4) is 0 Å². The Balaban J connectivity index is 2.06. The smallest absolute Gasteiger partial charge is 0.274 e. The lowest BCUT2D eigenvalue weighted by Crippen LogP contribution is -2.14. The van der Waals surface area contributed by atoms with Crippen molar-refractivity contribution in [2.75, 3.05) is 17.9 Å². The molecule has 7 heteroatoms. The molecule has 1 amide bonds. The fraction of sp³-hybridized carbons (Fsp3) is 0.0833. The molecular formula is C12H13N5O2. The van der Waals surface area contributed by atoms with Gasteiger partial charge < -0.3 is 15.5 Å². The van der Waals surface area contributed by atoms with Gasteiger partial charge in [0.2, 0.25) is 5.88 Å². The number of pyridine rings is 2. The van der Waals surface area contributed by atoms with Crippen LogP contribution in [0.15, 0.2) is 36.7 Å². The molecular weight excluding hydrogens is 246 g/mol. The average Bonchev–Trinajstić information content (AvgIpc) is 2.48. The number of rotatable bonds is 4. The molecule has 4 N–H and O–H groups in total. The number of carbonyl (C=O) groups excluding carboxylic acids is 1. The topological polar surface area (TPSA) is 102 Å². The van der Waals surface area contributed by atoms with Crippen LogP contribution in [0.1, 0.15) is 10.5 Å². The predicted molar refractivity (Wildman–Crippen MR) is 70.8 cm³/mol. The molecule has 0 bridgehead atoms. The quantitative estimate of drug-likeness (QED) is 0.559. The zero-order chi connectivity index (χ0) is 13.7. The molecule has 0 aliphatic rings. The van der Waals surface area contributed by atoms with Crippen molar-refractivity contribution in [1.29, 1.82) is 0 Å².